The number of aryl methyl sites for hydroxylation is 1. The average Bonchev–Trinajstić information content (AvgIpc) is 2.26. The van der Waals surface area contributed by atoms with Crippen LogP contribution in [0, 0.1) is 0 Å². The monoisotopic (exact) mass is 220 g/mol. The molecule has 2 rings (SSSR count). The third-order valence-corrected chi connectivity index (χ3v) is 2.73. The third kappa shape index (κ3) is 2.28. The summed E-state index contributed by atoms with van der Waals surface area (Å²) in [5.74, 6) is 0. The number of para-hydroxylation sites is 1. The van der Waals surface area contributed by atoms with Crippen LogP contribution in [0.4, 0.5) is 0 Å². The molecule has 78 valence electrons. The van der Waals surface area contributed by atoms with Gasteiger partial charge in [-0.25, -0.2) is 4.98 Å². The number of rotatable bonds is 3. The first-order valence-corrected chi connectivity index (χ1v) is 5.43. The number of benzene rings is 1. The molecule has 0 aliphatic heterocycles. The molecule has 0 aliphatic carbocycles. The Kier molecular flexibility index (Phi) is 3.19. The second-order valence-corrected chi connectivity index (χ2v) is 3.88. The average molecular weight is 221 g/mol. The number of nitrogens with two attached hydrogens (primary N) is 1. The molecule has 0 radical (unpaired) electrons. The van der Waals surface area contributed by atoms with Crippen molar-refractivity contribution in [3.63, 3.8) is 0 Å². The Balaban J connectivity index is 2.43. The van der Waals surface area contributed by atoms with E-state index in [9.17, 15) is 0 Å². The predicted octanol–water partition coefficient (Wildman–Crippen LogP) is 2.78. The lowest BCUT2D eigenvalue weighted by molar-refractivity contribution is 0.831. The van der Waals surface area contributed by atoms with Crippen molar-refractivity contribution in [2.45, 2.75) is 12.8 Å². The first kappa shape index (κ1) is 10.4. The van der Waals surface area contributed by atoms with E-state index in [1.165, 1.54) is 0 Å². The highest BCUT2D eigenvalue weighted by Crippen LogP contribution is 2.21. The highest BCUT2D eigenvalue weighted by Gasteiger charge is 2.03. The van der Waals surface area contributed by atoms with Crippen LogP contribution in [-0.4, -0.2) is 11.5 Å². The highest BCUT2D eigenvalue weighted by atomic mass is 35.5. The maximum absolute atomic E-state index is 6.09. The largest absolute Gasteiger partial charge is 0.330 e. The third-order valence-electron chi connectivity index (χ3n) is 2.40. The van der Waals surface area contributed by atoms with Crippen LogP contribution in [0.25, 0.3) is 10.9 Å². The van der Waals surface area contributed by atoms with E-state index in [-0.39, 0.29) is 0 Å². The molecular formula is C12H13ClN2. The van der Waals surface area contributed by atoms with Crippen LogP contribution in [-0.2, 0) is 6.42 Å². The molecule has 0 saturated heterocycles. The summed E-state index contributed by atoms with van der Waals surface area (Å²) in [6, 6.07) is 10.1. The van der Waals surface area contributed by atoms with Gasteiger partial charge in [0.15, 0.2) is 0 Å². The van der Waals surface area contributed by atoms with Gasteiger partial charge in [0.1, 0.15) is 5.15 Å². The molecular weight excluding hydrogens is 208 g/mol. The molecule has 2 nitrogen and oxygen atoms in total. The van der Waals surface area contributed by atoms with Crippen molar-refractivity contribution in [3.8, 4) is 0 Å². The zero-order valence-electron chi connectivity index (χ0n) is 8.41. The number of hydrogen-bond acceptors (Lipinski definition) is 2. The molecule has 1 aromatic carbocycles. The minimum Gasteiger partial charge on any atom is -0.330 e. The van der Waals surface area contributed by atoms with Crippen molar-refractivity contribution in [1.29, 1.82) is 0 Å². The number of fused-ring (bicyclic) bond motifs is 1. The minimum atomic E-state index is 0.599. The van der Waals surface area contributed by atoms with E-state index in [0.29, 0.717) is 11.7 Å². The Morgan fingerprint density at radius 1 is 1.27 bits per heavy atom. The van der Waals surface area contributed by atoms with Crippen LogP contribution in [0.3, 0.4) is 0 Å². The molecule has 1 aromatic heterocycles. The zero-order valence-corrected chi connectivity index (χ0v) is 9.17. The van der Waals surface area contributed by atoms with Crippen LogP contribution in [0.2, 0.25) is 5.15 Å². The summed E-state index contributed by atoms with van der Waals surface area (Å²) >= 11 is 6.09. The van der Waals surface area contributed by atoms with Gasteiger partial charge in [-0.3, -0.25) is 0 Å². The lowest BCUT2D eigenvalue weighted by atomic mass is 10.1. The number of pyridine rings is 1. The summed E-state index contributed by atoms with van der Waals surface area (Å²) in [6.07, 6.45) is 1.84. The van der Waals surface area contributed by atoms with Gasteiger partial charge in [-0.05, 0) is 37.1 Å². The van der Waals surface area contributed by atoms with Gasteiger partial charge in [0.2, 0.25) is 0 Å². The van der Waals surface area contributed by atoms with Crippen LogP contribution >= 0.6 is 11.6 Å². The quantitative estimate of drug-likeness (QED) is 0.808. The SMILES string of the molecule is NCCCc1cc2ccccc2nc1Cl. The highest BCUT2D eigenvalue weighted by molar-refractivity contribution is 6.30. The summed E-state index contributed by atoms with van der Waals surface area (Å²) in [5, 5.41) is 1.73. The number of aromatic nitrogens is 1. The second kappa shape index (κ2) is 4.60. The Hall–Kier alpha value is -1.12. The molecule has 0 atom stereocenters. The van der Waals surface area contributed by atoms with Crippen LogP contribution < -0.4 is 5.73 Å². The van der Waals surface area contributed by atoms with Crippen molar-refractivity contribution in [2.24, 2.45) is 5.73 Å². The fourth-order valence-corrected chi connectivity index (χ4v) is 1.84. The van der Waals surface area contributed by atoms with Crippen molar-refractivity contribution in [3.05, 3.63) is 41.0 Å². The van der Waals surface area contributed by atoms with E-state index >= 15 is 0 Å². The van der Waals surface area contributed by atoms with E-state index in [1.807, 2.05) is 24.3 Å². The molecule has 1 heterocycles. The minimum absolute atomic E-state index is 0.599. The Bertz CT molecular complexity index is 468. The summed E-state index contributed by atoms with van der Waals surface area (Å²) in [4.78, 5) is 4.35. The van der Waals surface area contributed by atoms with Gasteiger partial charge in [0.05, 0.1) is 5.52 Å². The Labute approximate surface area is 94.1 Å². The lowest BCUT2D eigenvalue weighted by Gasteiger charge is -2.04. The van der Waals surface area contributed by atoms with Gasteiger partial charge >= 0.3 is 0 Å². The molecule has 0 bridgehead atoms. The predicted molar refractivity (Wildman–Crippen MR) is 64.1 cm³/mol. The fraction of sp³-hybridized carbons (Fsp3) is 0.250. The van der Waals surface area contributed by atoms with Gasteiger partial charge in [-0.1, -0.05) is 29.8 Å². The second-order valence-electron chi connectivity index (χ2n) is 3.52. The maximum atomic E-state index is 6.09. The number of hydrogen-bond donors (Lipinski definition) is 1. The molecule has 2 N–H and O–H groups in total. The van der Waals surface area contributed by atoms with Crippen LogP contribution in [0.5, 0.6) is 0 Å². The van der Waals surface area contributed by atoms with E-state index in [0.717, 1.165) is 29.3 Å². The van der Waals surface area contributed by atoms with E-state index in [1.54, 1.807) is 0 Å². The maximum Gasteiger partial charge on any atom is 0.132 e. The van der Waals surface area contributed by atoms with Gasteiger partial charge in [-0.15, -0.1) is 0 Å². The molecule has 2 aromatic rings. The van der Waals surface area contributed by atoms with Crippen molar-refractivity contribution >= 4 is 22.5 Å². The summed E-state index contributed by atoms with van der Waals surface area (Å²) < 4.78 is 0. The molecule has 0 aliphatic rings. The lowest BCUT2D eigenvalue weighted by Crippen LogP contribution is -2.01. The molecule has 15 heavy (non-hydrogen) atoms. The standard InChI is InChI=1S/C12H13ClN2/c13-12-10(5-3-7-14)8-9-4-1-2-6-11(9)15-12/h1-2,4,6,8H,3,5,7,14H2. The Morgan fingerprint density at radius 2 is 2.07 bits per heavy atom. The fourth-order valence-electron chi connectivity index (χ4n) is 1.60. The van der Waals surface area contributed by atoms with E-state index < -0.39 is 0 Å². The first-order chi connectivity index (χ1) is 7.31. The summed E-state index contributed by atoms with van der Waals surface area (Å²) in [6.45, 7) is 0.684. The van der Waals surface area contributed by atoms with E-state index in [2.05, 4.69) is 11.1 Å². The zero-order chi connectivity index (χ0) is 10.7. The molecule has 0 fully saturated rings. The number of nitrogens with zero attached hydrogens (tertiary/aromatic N) is 1. The first-order valence-electron chi connectivity index (χ1n) is 5.05. The summed E-state index contributed by atoms with van der Waals surface area (Å²) in [7, 11) is 0. The van der Waals surface area contributed by atoms with Gasteiger partial charge in [-0.2, -0.15) is 0 Å². The summed E-state index contributed by atoms with van der Waals surface area (Å²) in [5.41, 5.74) is 7.50. The van der Waals surface area contributed by atoms with Gasteiger partial charge < -0.3 is 5.73 Å². The number of halogens is 1. The topological polar surface area (TPSA) is 38.9 Å². The molecule has 0 unspecified atom stereocenters. The van der Waals surface area contributed by atoms with Crippen LogP contribution in [0.1, 0.15) is 12.0 Å². The van der Waals surface area contributed by atoms with Gasteiger partial charge in [0.25, 0.3) is 0 Å². The molecule has 0 amide bonds. The van der Waals surface area contributed by atoms with Gasteiger partial charge in [0, 0.05) is 5.39 Å². The smallest absolute Gasteiger partial charge is 0.132 e. The van der Waals surface area contributed by atoms with Crippen molar-refractivity contribution in [1.82, 2.24) is 4.98 Å². The normalized spacial score (nSPS) is 10.8. The molecule has 3 heteroatoms. The molecule has 0 spiro atoms. The van der Waals surface area contributed by atoms with E-state index in [4.69, 9.17) is 17.3 Å². The van der Waals surface area contributed by atoms with Crippen LogP contribution in [0.15, 0.2) is 30.3 Å². The van der Waals surface area contributed by atoms with Crippen molar-refractivity contribution in [2.75, 3.05) is 6.54 Å². The Morgan fingerprint density at radius 3 is 2.87 bits per heavy atom. The van der Waals surface area contributed by atoms with Crippen molar-refractivity contribution < 1.29 is 0 Å². The molecule has 0 saturated carbocycles.